The molecule has 0 radical (unpaired) electrons. The Morgan fingerprint density at radius 2 is 1.27 bits per heavy atom. The van der Waals surface area contributed by atoms with E-state index in [4.69, 9.17) is 5.11 Å². The number of halogens is 6. The molecule has 0 spiro atoms. The summed E-state index contributed by atoms with van der Waals surface area (Å²) in [5.41, 5.74) is -3.40. The van der Waals surface area contributed by atoms with Gasteiger partial charge in [-0.3, -0.25) is 4.79 Å². The predicted octanol–water partition coefficient (Wildman–Crippen LogP) is 6.08. The summed E-state index contributed by atoms with van der Waals surface area (Å²) < 4.78 is 80.6. The molecule has 0 bridgehead atoms. The van der Waals surface area contributed by atoms with Gasteiger partial charge in [0.1, 0.15) is 0 Å². The van der Waals surface area contributed by atoms with E-state index in [2.05, 4.69) is 4.98 Å². The monoisotopic (exact) mass is 425 g/mol. The van der Waals surface area contributed by atoms with E-state index in [1.165, 1.54) is 30.3 Å². The molecule has 156 valence electrons. The van der Waals surface area contributed by atoms with Crippen LogP contribution in [0.15, 0.2) is 60.7 Å². The lowest BCUT2D eigenvalue weighted by molar-refractivity contribution is -0.137. The molecule has 1 N–H and O–H groups in total. The van der Waals surface area contributed by atoms with Crippen molar-refractivity contribution in [2.75, 3.05) is 0 Å². The Bertz CT molecular complexity index is 1090. The van der Waals surface area contributed by atoms with Crippen molar-refractivity contribution in [3.63, 3.8) is 0 Å². The Hall–Kier alpha value is -3.36. The molecule has 1 aromatic heterocycles. The average molecular weight is 425 g/mol. The van der Waals surface area contributed by atoms with E-state index < -0.39 is 41.4 Å². The minimum absolute atomic E-state index is 0.0487. The van der Waals surface area contributed by atoms with Gasteiger partial charge in [0.15, 0.2) is 0 Å². The van der Waals surface area contributed by atoms with Crippen molar-refractivity contribution in [1.82, 2.24) is 4.98 Å². The highest BCUT2D eigenvalue weighted by molar-refractivity contribution is 5.78. The number of pyridine rings is 1. The SMILES string of the molecule is O=C(O)Cc1ccc(-c2ccccc2C(F)(F)F)nc1-c1ccccc1C(F)(F)F. The first kappa shape index (κ1) is 21.4. The van der Waals surface area contributed by atoms with Gasteiger partial charge < -0.3 is 5.11 Å². The highest BCUT2D eigenvalue weighted by Gasteiger charge is 2.35. The van der Waals surface area contributed by atoms with E-state index in [0.717, 1.165) is 30.3 Å². The third-order valence-corrected chi connectivity index (χ3v) is 4.32. The number of hydrogen-bond acceptors (Lipinski definition) is 2. The van der Waals surface area contributed by atoms with E-state index >= 15 is 0 Å². The number of rotatable bonds is 4. The number of nitrogens with zero attached hydrogens (tertiary/aromatic N) is 1. The van der Waals surface area contributed by atoms with Crippen LogP contribution in [0.1, 0.15) is 16.7 Å². The molecule has 0 saturated carbocycles. The predicted molar refractivity (Wildman–Crippen MR) is 96.5 cm³/mol. The fraction of sp³-hybridized carbons (Fsp3) is 0.143. The number of hydrogen-bond donors (Lipinski definition) is 1. The number of aromatic nitrogens is 1. The lowest BCUT2D eigenvalue weighted by Crippen LogP contribution is -2.11. The highest BCUT2D eigenvalue weighted by atomic mass is 19.4. The van der Waals surface area contributed by atoms with Crippen LogP contribution < -0.4 is 0 Å². The minimum Gasteiger partial charge on any atom is -0.481 e. The van der Waals surface area contributed by atoms with Gasteiger partial charge in [-0.25, -0.2) is 4.98 Å². The lowest BCUT2D eigenvalue weighted by Gasteiger charge is -2.17. The van der Waals surface area contributed by atoms with E-state index in [-0.39, 0.29) is 22.5 Å². The molecule has 2 aromatic carbocycles. The highest BCUT2D eigenvalue weighted by Crippen LogP contribution is 2.40. The number of carboxylic acid groups (broad SMARTS) is 1. The molecule has 9 heteroatoms. The fourth-order valence-electron chi connectivity index (χ4n) is 3.07. The molecule has 0 atom stereocenters. The summed E-state index contributed by atoms with van der Waals surface area (Å²) in [6, 6.07) is 11.3. The smallest absolute Gasteiger partial charge is 0.417 e. The molecule has 0 aliphatic carbocycles. The molecule has 0 aliphatic heterocycles. The fourth-order valence-corrected chi connectivity index (χ4v) is 3.07. The number of alkyl halides is 6. The molecule has 3 nitrogen and oxygen atoms in total. The van der Waals surface area contributed by atoms with Gasteiger partial charge in [0.2, 0.25) is 0 Å². The first-order valence-corrected chi connectivity index (χ1v) is 8.53. The van der Waals surface area contributed by atoms with Crippen molar-refractivity contribution in [3.05, 3.63) is 77.4 Å². The van der Waals surface area contributed by atoms with Gasteiger partial charge in [-0.05, 0) is 23.8 Å². The Kier molecular flexibility index (Phi) is 5.56. The second-order valence-corrected chi connectivity index (χ2v) is 6.36. The average Bonchev–Trinajstić information content (AvgIpc) is 2.66. The van der Waals surface area contributed by atoms with E-state index in [9.17, 15) is 31.1 Å². The van der Waals surface area contributed by atoms with Crippen molar-refractivity contribution in [1.29, 1.82) is 0 Å². The van der Waals surface area contributed by atoms with Crippen molar-refractivity contribution in [2.24, 2.45) is 0 Å². The molecule has 0 fully saturated rings. The number of aliphatic carboxylic acids is 1. The van der Waals surface area contributed by atoms with Crippen LogP contribution in [0.5, 0.6) is 0 Å². The summed E-state index contributed by atoms with van der Waals surface area (Å²) >= 11 is 0. The Morgan fingerprint density at radius 3 is 1.80 bits per heavy atom. The molecule has 1 heterocycles. The normalized spacial score (nSPS) is 12.1. The van der Waals surface area contributed by atoms with Gasteiger partial charge in [0.25, 0.3) is 0 Å². The molecule has 3 aromatic rings. The van der Waals surface area contributed by atoms with Crippen LogP contribution in [0.25, 0.3) is 22.5 Å². The van der Waals surface area contributed by atoms with Crippen LogP contribution in [0.3, 0.4) is 0 Å². The van der Waals surface area contributed by atoms with Crippen molar-refractivity contribution < 1.29 is 36.2 Å². The molecule has 30 heavy (non-hydrogen) atoms. The zero-order valence-corrected chi connectivity index (χ0v) is 15.1. The van der Waals surface area contributed by atoms with Crippen LogP contribution >= 0.6 is 0 Å². The molecule has 0 amide bonds. The summed E-state index contributed by atoms with van der Waals surface area (Å²) in [5, 5.41) is 9.11. The summed E-state index contributed by atoms with van der Waals surface area (Å²) in [6.07, 6.45) is -10.1. The van der Waals surface area contributed by atoms with Gasteiger partial charge in [0.05, 0.1) is 28.9 Å². The van der Waals surface area contributed by atoms with Crippen molar-refractivity contribution in [3.8, 4) is 22.5 Å². The van der Waals surface area contributed by atoms with Crippen LogP contribution in [-0.2, 0) is 23.6 Å². The zero-order chi connectivity index (χ0) is 22.1. The molecule has 0 unspecified atom stereocenters. The Labute approximate surface area is 166 Å². The maximum Gasteiger partial charge on any atom is 0.417 e. The molecular formula is C21H13F6NO2. The standard InChI is InChI=1S/C21H13F6NO2/c22-20(23,24)15-7-3-1-5-13(15)17-10-9-12(11-18(29)30)19(28-17)14-6-2-4-8-16(14)21(25,26)27/h1-10H,11H2,(H,29,30). The summed E-state index contributed by atoms with van der Waals surface area (Å²) in [4.78, 5) is 15.2. The van der Waals surface area contributed by atoms with Gasteiger partial charge in [0, 0.05) is 11.1 Å². The van der Waals surface area contributed by atoms with Crippen LogP contribution in [-0.4, -0.2) is 16.1 Å². The van der Waals surface area contributed by atoms with Gasteiger partial charge in [-0.15, -0.1) is 0 Å². The van der Waals surface area contributed by atoms with Crippen LogP contribution in [0, 0.1) is 0 Å². The summed E-state index contributed by atoms with van der Waals surface area (Å²) in [6.45, 7) is 0. The first-order valence-electron chi connectivity index (χ1n) is 8.53. The second-order valence-electron chi connectivity index (χ2n) is 6.36. The molecule has 0 aliphatic rings. The Morgan fingerprint density at radius 1 is 0.767 bits per heavy atom. The van der Waals surface area contributed by atoms with E-state index in [1.54, 1.807) is 0 Å². The van der Waals surface area contributed by atoms with E-state index in [0.29, 0.717) is 0 Å². The number of carboxylic acids is 1. The summed E-state index contributed by atoms with van der Waals surface area (Å²) in [7, 11) is 0. The quantitative estimate of drug-likeness (QED) is 0.516. The largest absolute Gasteiger partial charge is 0.481 e. The summed E-state index contributed by atoms with van der Waals surface area (Å²) in [5.74, 6) is -1.31. The second kappa shape index (κ2) is 7.81. The molecule has 0 saturated heterocycles. The van der Waals surface area contributed by atoms with Crippen molar-refractivity contribution >= 4 is 5.97 Å². The molecule has 3 rings (SSSR count). The van der Waals surface area contributed by atoms with E-state index in [1.807, 2.05) is 0 Å². The first-order chi connectivity index (χ1) is 14.0. The van der Waals surface area contributed by atoms with Crippen LogP contribution in [0.2, 0.25) is 0 Å². The lowest BCUT2D eigenvalue weighted by atomic mass is 9.96. The maximum absolute atomic E-state index is 13.5. The Balaban J connectivity index is 2.28. The van der Waals surface area contributed by atoms with Crippen molar-refractivity contribution in [2.45, 2.75) is 18.8 Å². The van der Waals surface area contributed by atoms with Gasteiger partial charge >= 0.3 is 18.3 Å². The molecular weight excluding hydrogens is 412 g/mol. The van der Waals surface area contributed by atoms with Gasteiger partial charge in [-0.2, -0.15) is 26.3 Å². The number of carbonyl (C=O) groups is 1. The third kappa shape index (κ3) is 4.45. The minimum atomic E-state index is -4.77. The van der Waals surface area contributed by atoms with Gasteiger partial charge in [-0.1, -0.05) is 42.5 Å². The number of benzene rings is 2. The van der Waals surface area contributed by atoms with Crippen LogP contribution in [0.4, 0.5) is 26.3 Å². The third-order valence-electron chi connectivity index (χ3n) is 4.32. The topological polar surface area (TPSA) is 50.2 Å². The zero-order valence-electron chi connectivity index (χ0n) is 15.1. The maximum atomic E-state index is 13.5.